The Bertz CT molecular complexity index is 1390. The SMILES string of the molecule is Cc1nc(Oc2ccc(NS(=O)(=O)c3ccc(C)s3)cc2)cc(-n2nc(C)c(C)c2C)n1. The maximum atomic E-state index is 12.5. The Morgan fingerprint density at radius 2 is 1.69 bits per heavy atom. The van der Waals surface area contributed by atoms with Gasteiger partial charge in [-0.1, -0.05) is 0 Å². The predicted octanol–water partition coefficient (Wildman–Crippen LogP) is 4.86. The molecule has 4 rings (SSSR count). The van der Waals surface area contributed by atoms with Crippen molar-refractivity contribution in [1.29, 1.82) is 0 Å². The summed E-state index contributed by atoms with van der Waals surface area (Å²) >= 11 is 1.23. The van der Waals surface area contributed by atoms with Crippen molar-refractivity contribution in [3.05, 3.63) is 70.1 Å². The summed E-state index contributed by atoms with van der Waals surface area (Å²) in [6.07, 6.45) is 0. The van der Waals surface area contributed by atoms with Crippen molar-refractivity contribution >= 4 is 27.0 Å². The molecule has 0 aliphatic carbocycles. The zero-order chi connectivity index (χ0) is 23.0. The van der Waals surface area contributed by atoms with E-state index in [1.165, 1.54) is 11.3 Å². The van der Waals surface area contributed by atoms with Gasteiger partial charge in [0, 0.05) is 22.3 Å². The standard InChI is InChI=1S/C22H23N5O3S2/c1-13-6-11-22(31-13)32(28,29)26-18-7-9-19(10-8-18)30-21-12-20(23-17(5)24-21)27-16(4)14(2)15(3)25-27/h6-12,26H,1-5H3. The van der Waals surface area contributed by atoms with E-state index in [0.717, 1.165) is 21.8 Å². The highest BCUT2D eigenvalue weighted by molar-refractivity contribution is 7.94. The maximum absolute atomic E-state index is 12.5. The van der Waals surface area contributed by atoms with Gasteiger partial charge < -0.3 is 4.74 Å². The second-order valence-corrected chi connectivity index (χ2v) is 10.6. The number of nitrogens with one attached hydrogen (secondary N) is 1. The largest absolute Gasteiger partial charge is 0.439 e. The van der Waals surface area contributed by atoms with E-state index in [1.807, 2.05) is 27.7 Å². The number of hydrogen-bond donors (Lipinski definition) is 1. The third-order valence-corrected chi connectivity index (χ3v) is 7.85. The Morgan fingerprint density at radius 1 is 0.969 bits per heavy atom. The van der Waals surface area contributed by atoms with Gasteiger partial charge in [0.1, 0.15) is 15.8 Å². The fourth-order valence-electron chi connectivity index (χ4n) is 3.10. The highest BCUT2D eigenvalue weighted by Gasteiger charge is 2.17. The number of aromatic nitrogens is 4. The van der Waals surface area contributed by atoms with Crippen LogP contribution >= 0.6 is 11.3 Å². The van der Waals surface area contributed by atoms with Crippen molar-refractivity contribution < 1.29 is 13.2 Å². The maximum Gasteiger partial charge on any atom is 0.271 e. The van der Waals surface area contributed by atoms with E-state index in [9.17, 15) is 8.42 Å². The Hall–Kier alpha value is -3.24. The molecule has 1 N–H and O–H groups in total. The summed E-state index contributed by atoms with van der Waals surface area (Å²) in [5, 5.41) is 4.55. The second kappa shape index (κ2) is 8.36. The van der Waals surface area contributed by atoms with Crippen LogP contribution in [0.15, 0.2) is 46.7 Å². The summed E-state index contributed by atoms with van der Waals surface area (Å²) in [4.78, 5) is 9.77. The molecule has 0 amide bonds. The minimum Gasteiger partial charge on any atom is -0.439 e. The fraction of sp³-hybridized carbons (Fsp3) is 0.227. The van der Waals surface area contributed by atoms with Crippen LogP contribution in [0, 0.1) is 34.6 Å². The minimum absolute atomic E-state index is 0.277. The first-order valence-electron chi connectivity index (χ1n) is 9.88. The monoisotopic (exact) mass is 469 g/mol. The predicted molar refractivity (Wildman–Crippen MR) is 124 cm³/mol. The summed E-state index contributed by atoms with van der Waals surface area (Å²) in [6, 6.07) is 11.8. The molecule has 0 unspecified atom stereocenters. The molecule has 4 aromatic rings. The van der Waals surface area contributed by atoms with Crippen molar-refractivity contribution in [2.45, 2.75) is 38.8 Å². The highest BCUT2D eigenvalue weighted by atomic mass is 32.2. The van der Waals surface area contributed by atoms with Crippen molar-refractivity contribution in [1.82, 2.24) is 19.7 Å². The molecule has 0 aliphatic heterocycles. The minimum atomic E-state index is -3.61. The molecule has 3 heterocycles. The molecule has 8 nitrogen and oxygen atoms in total. The van der Waals surface area contributed by atoms with Crippen LogP contribution in [0.3, 0.4) is 0 Å². The highest BCUT2D eigenvalue weighted by Crippen LogP contribution is 2.27. The van der Waals surface area contributed by atoms with Gasteiger partial charge in [-0.05, 0) is 76.6 Å². The number of rotatable bonds is 6. The lowest BCUT2D eigenvalue weighted by Gasteiger charge is -2.10. The molecule has 3 aromatic heterocycles. The van der Waals surface area contributed by atoms with Gasteiger partial charge in [0.15, 0.2) is 5.82 Å². The molecule has 0 atom stereocenters. The Balaban J connectivity index is 1.54. The third-order valence-electron chi connectivity index (χ3n) is 4.98. The number of sulfonamides is 1. The molecule has 0 bridgehead atoms. The van der Waals surface area contributed by atoms with Crippen molar-refractivity contribution in [3.8, 4) is 17.4 Å². The van der Waals surface area contributed by atoms with Gasteiger partial charge in [-0.25, -0.2) is 18.1 Å². The Labute approximate surface area is 191 Å². The van der Waals surface area contributed by atoms with Gasteiger partial charge in [0.25, 0.3) is 10.0 Å². The van der Waals surface area contributed by atoms with Crippen LogP contribution in [-0.4, -0.2) is 28.2 Å². The lowest BCUT2D eigenvalue weighted by molar-refractivity contribution is 0.459. The van der Waals surface area contributed by atoms with Crippen LogP contribution in [0.2, 0.25) is 0 Å². The Morgan fingerprint density at radius 3 is 2.28 bits per heavy atom. The summed E-state index contributed by atoms with van der Waals surface area (Å²) in [7, 11) is -3.61. The Kier molecular flexibility index (Phi) is 5.74. The number of ether oxygens (including phenoxy) is 1. The van der Waals surface area contributed by atoms with E-state index >= 15 is 0 Å². The number of benzene rings is 1. The first-order valence-corrected chi connectivity index (χ1v) is 12.2. The molecular weight excluding hydrogens is 446 g/mol. The second-order valence-electron chi connectivity index (χ2n) is 7.42. The van der Waals surface area contributed by atoms with E-state index in [-0.39, 0.29) is 4.21 Å². The molecule has 0 radical (unpaired) electrons. The summed E-state index contributed by atoms with van der Waals surface area (Å²) in [5.74, 6) is 2.07. The molecule has 0 aliphatic rings. The average Bonchev–Trinajstić information content (AvgIpc) is 3.28. The fourth-order valence-corrected chi connectivity index (χ4v) is 5.45. The molecule has 0 fully saturated rings. The average molecular weight is 470 g/mol. The van der Waals surface area contributed by atoms with Crippen LogP contribution in [0.5, 0.6) is 11.6 Å². The van der Waals surface area contributed by atoms with Crippen molar-refractivity contribution in [3.63, 3.8) is 0 Å². The number of nitrogens with zero attached hydrogens (tertiary/aromatic N) is 4. The normalized spacial score (nSPS) is 11.5. The van der Waals surface area contributed by atoms with E-state index in [0.29, 0.717) is 29.0 Å². The first kappa shape index (κ1) is 22.0. The molecule has 0 spiro atoms. The summed E-state index contributed by atoms with van der Waals surface area (Å²) < 4.78 is 35.5. The molecule has 32 heavy (non-hydrogen) atoms. The van der Waals surface area contributed by atoms with Gasteiger partial charge in [-0.2, -0.15) is 10.1 Å². The molecule has 0 saturated carbocycles. The number of thiophene rings is 1. The number of hydrogen-bond acceptors (Lipinski definition) is 7. The number of anilines is 1. The van der Waals surface area contributed by atoms with Crippen LogP contribution in [0.1, 0.15) is 27.7 Å². The lowest BCUT2D eigenvalue weighted by Crippen LogP contribution is -2.11. The molecule has 1 aromatic carbocycles. The summed E-state index contributed by atoms with van der Waals surface area (Å²) in [6.45, 7) is 9.63. The zero-order valence-electron chi connectivity index (χ0n) is 18.4. The van der Waals surface area contributed by atoms with E-state index in [4.69, 9.17) is 4.74 Å². The lowest BCUT2D eigenvalue weighted by atomic mass is 10.2. The van der Waals surface area contributed by atoms with Gasteiger partial charge in [0.2, 0.25) is 5.88 Å². The summed E-state index contributed by atoms with van der Waals surface area (Å²) in [5.41, 5.74) is 3.50. The molecule has 0 saturated heterocycles. The number of aryl methyl sites for hydroxylation is 3. The van der Waals surface area contributed by atoms with Crippen LogP contribution < -0.4 is 9.46 Å². The molecule has 10 heteroatoms. The van der Waals surface area contributed by atoms with E-state index in [2.05, 4.69) is 19.8 Å². The topological polar surface area (TPSA) is 99.0 Å². The van der Waals surface area contributed by atoms with Gasteiger partial charge >= 0.3 is 0 Å². The third kappa shape index (κ3) is 4.51. The van der Waals surface area contributed by atoms with Gasteiger partial charge in [-0.3, -0.25) is 4.72 Å². The van der Waals surface area contributed by atoms with Crippen LogP contribution in [0.25, 0.3) is 5.82 Å². The van der Waals surface area contributed by atoms with Crippen LogP contribution in [0.4, 0.5) is 5.69 Å². The van der Waals surface area contributed by atoms with Crippen LogP contribution in [-0.2, 0) is 10.0 Å². The molecular formula is C22H23N5O3S2. The van der Waals surface area contributed by atoms with Crippen molar-refractivity contribution in [2.75, 3.05) is 4.72 Å². The smallest absolute Gasteiger partial charge is 0.271 e. The van der Waals surface area contributed by atoms with E-state index < -0.39 is 10.0 Å². The zero-order valence-corrected chi connectivity index (χ0v) is 20.0. The van der Waals surface area contributed by atoms with Gasteiger partial charge in [-0.15, -0.1) is 11.3 Å². The first-order chi connectivity index (χ1) is 15.1. The molecule has 166 valence electrons. The quantitative estimate of drug-likeness (QED) is 0.433. The van der Waals surface area contributed by atoms with Gasteiger partial charge in [0.05, 0.1) is 5.69 Å². The van der Waals surface area contributed by atoms with Crippen molar-refractivity contribution in [2.24, 2.45) is 0 Å². The van der Waals surface area contributed by atoms with E-state index in [1.54, 1.807) is 54.1 Å².